The molecule has 1 aromatic carbocycles. The number of rotatable bonds is 2. The largest absolute Gasteiger partial charge is 0.475 e. The molecule has 1 aromatic rings. The van der Waals surface area contributed by atoms with E-state index in [4.69, 9.17) is 0 Å². The number of halogens is 6. The smallest absolute Gasteiger partial charge is 0.245 e. The average Bonchev–Trinajstić information content (AvgIpc) is 2.25. The van der Waals surface area contributed by atoms with Gasteiger partial charge in [0.15, 0.2) is 21.6 Å². The van der Waals surface area contributed by atoms with Gasteiger partial charge in [0.1, 0.15) is 0 Å². The Kier molecular flexibility index (Phi) is 4.21. The van der Waals surface area contributed by atoms with Crippen molar-refractivity contribution in [2.75, 3.05) is 0 Å². The van der Waals surface area contributed by atoms with Crippen molar-refractivity contribution in [1.29, 1.82) is 0 Å². The molecule has 0 aliphatic rings. The van der Waals surface area contributed by atoms with Crippen molar-refractivity contribution in [1.82, 2.24) is 0 Å². The van der Waals surface area contributed by atoms with Crippen LogP contribution in [0.3, 0.4) is 0 Å². The normalized spacial score (nSPS) is 16.3. The highest BCUT2D eigenvalue weighted by molar-refractivity contribution is 7.86. The molecule has 18 heavy (non-hydrogen) atoms. The molecule has 0 N–H and O–H groups in total. The van der Waals surface area contributed by atoms with Gasteiger partial charge in [-0.2, -0.15) is 26.3 Å². The van der Waals surface area contributed by atoms with Crippen LogP contribution in [-0.2, 0) is 21.6 Å². The molecule has 0 radical (unpaired) electrons. The highest BCUT2D eigenvalue weighted by Crippen LogP contribution is 2.29. The molecule has 0 saturated heterocycles. The summed E-state index contributed by atoms with van der Waals surface area (Å²) in [5, 5.41) is 0. The molecule has 0 aliphatic carbocycles. The lowest BCUT2D eigenvalue weighted by atomic mass is 10.4. The van der Waals surface area contributed by atoms with E-state index in [1.165, 1.54) is 0 Å². The van der Waals surface area contributed by atoms with Crippen molar-refractivity contribution in [3.8, 4) is 0 Å². The van der Waals surface area contributed by atoms with E-state index in [1.807, 2.05) is 0 Å². The van der Waals surface area contributed by atoms with Crippen molar-refractivity contribution < 1.29 is 34.8 Å². The third kappa shape index (κ3) is 3.55. The summed E-state index contributed by atoms with van der Waals surface area (Å²) in [6, 6.07) is 2.40. The Morgan fingerprint density at radius 1 is 0.667 bits per heavy atom. The van der Waals surface area contributed by atoms with Gasteiger partial charge in [-0.3, -0.25) is 0 Å². The van der Waals surface area contributed by atoms with E-state index < -0.39 is 42.4 Å². The molecular weight excluding hydrogens is 306 g/mol. The molecule has 10 heteroatoms. The first kappa shape index (κ1) is 15.2. The molecule has 2 nitrogen and oxygen atoms in total. The third-order valence-electron chi connectivity index (χ3n) is 1.67. The zero-order chi connectivity index (χ0) is 14.1. The van der Waals surface area contributed by atoms with Crippen LogP contribution in [0.4, 0.5) is 26.3 Å². The topological polar surface area (TPSA) is 34.1 Å². The zero-order valence-electron chi connectivity index (χ0n) is 8.21. The van der Waals surface area contributed by atoms with Crippen molar-refractivity contribution in [3.63, 3.8) is 0 Å². The van der Waals surface area contributed by atoms with E-state index in [1.54, 1.807) is 0 Å². The van der Waals surface area contributed by atoms with Gasteiger partial charge in [-0.05, 0) is 24.3 Å². The molecule has 0 fully saturated rings. The summed E-state index contributed by atoms with van der Waals surface area (Å²) in [6.45, 7) is 0. The van der Waals surface area contributed by atoms with Crippen LogP contribution in [-0.4, -0.2) is 19.4 Å². The molecule has 2 unspecified atom stereocenters. The van der Waals surface area contributed by atoms with E-state index in [-0.39, 0.29) is 0 Å². The number of hydrogen-bond donors (Lipinski definition) is 0. The summed E-state index contributed by atoms with van der Waals surface area (Å²) in [5.41, 5.74) is -9.99. The van der Waals surface area contributed by atoms with Crippen LogP contribution >= 0.6 is 0 Å². The summed E-state index contributed by atoms with van der Waals surface area (Å²) >= 11 is 0. The first-order chi connectivity index (χ1) is 8.03. The Balaban J connectivity index is 3.01. The lowest BCUT2D eigenvalue weighted by molar-refractivity contribution is -0.0393. The average molecular weight is 310 g/mol. The van der Waals surface area contributed by atoms with Gasteiger partial charge in [0, 0.05) is 9.79 Å². The Labute approximate surface area is 102 Å². The standard InChI is InChI=1S/C8H4F6O2S2/c9-7(10,11)17(15)5-1-2-6(4-3-5)18(16)8(12,13)14/h1-4H. The predicted molar refractivity (Wildman–Crippen MR) is 51.4 cm³/mol. The molecule has 2 atom stereocenters. The number of hydrogen-bond acceptors (Lipinski definition) is 2. The van der Waals surface area contributed by atoms with Crippen LogP contribution in [0.15, 0.2) is 34.1 Å². The van der Waals surface area contributed by atoms with Crippen LogP contribution in [0.2, 0.25) is 0 Å². The monoisotopic (exact) mass is 310 g/mol. The lowest BCUT2D eigenvalue weighted by Gasteiger charge is -2.08. The maximum absolute atomic E-state index is 12.0. The van der Waals surface area contributed by atoms with Crippen LogP contribution in [0, 0.1) is 0 Å². The van der Waals surface area contributed by atoms with E-state index in [2.05, 4.69) is 0 Å². The van der Waals surface area contributed by atoms with Crippen LogP contribution < -0.4 is 0 Å². The second-order valence-corrected chi connectivity index (χ2v) is 5.84. The first-order valence-corrected chi connectivity index (χ1v) is 6.40. The molecule has 0 heterocycles. The molecule has 0 aromatic heterocycles. The van der Waals surface area contributed by atoms with Gasteiger partial charge in [-0.1, -0.05) is 0 Å². The predicted octanol–water partition coefficient (Wildman–Crippen LogP) is 2.94. The van der Waals surface area contributed by atoms with E-state index in [0.29, 0.717) is 24.3 Å². The maximum Gasteiger partial charge on any atom is 0.475 e. The van der Waals surface area contributed by atoms with Crippen LogP contribution in [0.1, 0.15) is 0 Å². The van der Waals surface area contributed by atoms with Gasteiger partial charge in [-0.25, -0.2) is 8.42 Å². The fourth-order valence-corrected chi connectivity index (χ4v) is 2.26. The second kappa shape index (κ2) is 5.00. The van der Waals surface area contributed by atoms with Gasteiger partial charge in [0.2, 0.25) is 0 Å². The molecule has 0 spiro atoms. The quantitative estimate of drug-likeness (QED) is 0.787. The fourth-order valence-electron chi connectivity index (χ4n) is 0.954. The molecule has 0 bridgehead atoms. The summed E-state index contributed by atoms with van der Waals surface area (Å²) < 4.78 is 93.9. The summed E-state index contributed by atoms with van der Waals surface area (Å²) in [7, 11) is -6.65. The van der Waals surface area contributed by atoms with Crippen LogP contribution in [0.5, 0.6) is 0 Å². The Morgan fingerprint density at radius 2 is 0.889 bits per heavy atom. The summed E-state index contributed by atoms with van der Waals surface area (Å²) in [4.78, 5) is -1.41. The highest BCUT2D eigenvalue weighted by Gasteiger charge is 2.39. The second-order valence-electron chi connectivity index (χ2n) is 2.90. The maximum atomic E-state index is 12.0. The molecule has 1 rings (SSSR count). The minimum Gasteiger partial charge on any atom is -0.245 e. The van der Waals surface area contributed by atoms with Gasteiger partial charge in [0.05, 0.1) is 0 Å². The van der Waals surface area contributed by atoms with Gasteiger partial charge in [-0.15, -0.1) is 0 Å². The van der Waals surface area contributed by atoms with Crippen molar-refractivity contribution in [2.24, 2.45) is 0 Å². The van der Waals surface area contributed by atoms with E-state index >= 15 is 0 Å². The van der Waals surface area contributed by atoms with E-state index in [9.17, 15) is 34.8 Å². The van der Waals surface area contributed by atoms with E-state index in [0.717, 1.165) is 0 Å². The molecule has 0 amide bonds. The van der Waals surface area contributed by atoms with Crippen molar-refractivity contribution in [3.05, 3.63) is 24.3 Å². The Hall–Kier alpha value is -0.900. The van der Waals surface area contributed by atoms with Gasteiger partial charge < -0.3 is 0 Å². The molecule has 0 saturated carbocycles. The molecule has 102 valence electrons. The minimum atomic E-state index is -5.00. The van der Waals surface area contributed by atoms with Gasteiger partial charge >= 0.3 is 11.0 Å². The van der Waals surface area contributed by atoms with Gasteiger partial charge in [0.25, 0.3) is 0 Å². The first-order valence-electron chi connectivity index (χ1n) is 4.11. The molecule has 0 aliphatic heterocycles. The fraction of sp³-hybridized carbons (Fsp3) is 0.250. The van der Waals surface area contributed by atoms with Crippen LogP contribution in [0.25, 0.3) is 0 Å². The summed E-state index contributed by atoms with van der Waals surface area (Å²) in [5.74, 6) is 0. The van der Waals surface area contributed by atoms with Crippen molar-refractivity contribution in [2.45, 2.75) is 20.8 Å². The minimum absolute atomic E-state index is 0.600. The third-order valence-corrected chi connectivity index (χ3v) is 3.91. The Morgan fingerprint density at radius 3 is 1.06 bits per heavy atom. The van der Waals surface area contributed by atoms with Crippen molar-refractivity contribution >= 4 is 21.6 Å². The number of alkyl halides is 6. The Bertz CT molecular complexity index is 431. The number of benzene rings is 1. The SMILES string of the molecule is O=S(c1ccc(S(=O)C(F)(F)F)cc1)C(F)(F)F. The highest BCUT2D eigenvalue weighted by atomic mass is 32.2. The zero-order valence-corrected chi connectivity index (χ0v) is 9.84. The lowest BCUT2D eigenvalue weighted by Crippen LogP contribution is -2.17. The summed E-state index contributed by atoms with van der Waals surface area (Å²) in [6.07, 6.45) is 0. The molecular formula is C8H4F6O2S2.